The van der Waals surface area contributed by atoms with Gasteiger partial charge in [0.1, 0.15) is 5.75 Å². The number of anilines is 2. The zero-order valence-electron chi connectivity index (χ0n) is 16.3. The highest BCUT2D eigenvalue weighted by Crippen LogP contribution is 2.30. The predicted octanol–water partition coefficient (Wildman–Crippen LogP) is 3.18. The van der Waals surface area contributed by atoms with Gasteiger partial charge in [-0.25, -0.2) is 0 Å². The Morgan fingerprint density at radius 3 is 2.52 bits per heavy atom. The number of benzene rings is 2. The summed E-state index contributed by atoms with van der Waals surface area (Å²) in [4.78, 5) is 23.5. The van der Waals surface area contributed by atoms with Crippen LogP contribution in [0.4, 0.5) is 11.4 Å². The number of rotatable bonds is 7. The molecule has 0 fully saturated rings. The van der Waals surface area contributed by atoms with Gasteiger partial charge in [0.25, 0.3) is 0 Å². The number of aromatic nitrogens is 3. The predicted molar refractivity (Wildman–Crippen MR) is 113 cm³/mol. The van der Waals surface area contributed by atoms with E-state index in [1.807, 2.05) is 35.9 Å². The quantitative estimate of drug-likeness (QED) is 0.580. The van der Waals surface area contributed by atoms with Crippen LogP contribution in [-0.4, -0.2) is 39.4 Å². The maximum atomic E-state index is 12.3. The molecule has 0 radical (unpaired) electrons. The normalized spacial score (nSPS) is 10.4. The molecule has 0 unspecified atom stereocenters. The fourth-order valence-corrected chi connectivity index (χ4v) is 3.42. The van der Waals surface area contributed by atoms with E-state index in [0.29, 0.717) is 28.1 Å². The molecule has 0 aliphatic carbocycles. The van der Waals surface area contributed by atoms with Gasteiger partial charge in [-0.1, -0.05) is 30.0 Å². The lowest BCUT2D eigenvalue weighted by molar-refractivity contribution is -0.114. The van der Waals surface area contributed by atoms with Crippen LogP contribution < -0.4 is 15.4 Å². The number of methoxy groups -OCH3 is 1. The molecule has 2 N–H and O–H groups in total. The molecule has 0 saturated heterocycles. The van der Waals surface area contributed by atoms with E-state index in [1.165, 1.54) is 18.7 Å². The molecule has 0 aliphatic rings. The molecule has 29 heavy (non-hydrogen) atoms. The summed E-state index contributed by atoms with van der Waals surface area (Å²) in [5.74, 6) is 1.18. The Hall–Kier alpha value is -3.33. The van der Waals surface area contributed by atoms with Gasteiger partial charge in [-0.15, -0.1) is 10.2 Å². The van der Waals surface area contributed by atoms with Gasteiger partial charge >= 0.3 is 0 Å². The molecule has 2 aromatic carbocycles. The zero-order chi connectivity index (χ0) is 20.8. The van der Waals surface area contributed by atoms with Crippen LogP contribution in [0.5, 0.6) is 5.75 Å². The van der Waals surface area contributed by atoms with Gasteiger partial charge in [0, 0.05) is 25.3 Å². The SMILES string of the molecule is COc1ccccc1-c1nnc(SCC(=O)Nc2cccc(NC(C)=O)c2)n1C. The number of para-hydroxylation sites is 1. The second-order valence-electron chi connectivity index (χ2n) is 6.16. The lowest BCUT2D eigenvalue weighted by Gasteiger charge is -2.09. The van der Waals surface area contributed by atoms with Crippen molar-refractivity contribution >= 4 is 35.0 Å². The zero-order valence-corrected chi connectivity index (χ0v) is 17.1. The molecule has 3 rings (SSSR count). The number of hydrogen-bond acceptors (Lipinski definition) is 6. The Kier molecular flexibility index (Phi) is 6.50. The average molecular weight is 411 g/mol. The number of carbonyl (C=O) groups excluding carboxylic acids is 2. The van der Waals surface area contributed by atoms with Crippen molar-refractivity contribution in [2.24, 2.45) is 7.05 Å². The first-order valence-corrected chi connectivity index (χ1v) is 9.79. The lowest BCUT2D eigenvalue weighted by atomic mass is 10.2. The maximum absolute atomic E-state index is 12.3. The third-order valence-electron chi connectivity index (χ3n) is 3.98. The highest BCUT2D eigenvalue weighted by Gasteiger charge is 2.16. The molecule has 1 aromatic heterocycles. The summed E-state index contributed by atoms with van der Waals surface area (Å²) in [6.07, 6.45) is 0. The van der Waals surface area contributed by atoms with E-state index >= 15 is 0 Å². The number of ether oxygens (including phenoxy) is 1. The molecule has 3 aromatic rings. The molecule has 0 spiro atoms. The van der Waals surface area contributed by atoms with Crippen molar-refractivity contribution in [2.75, 3.05) is 23.5 Å². The van der Waals surface area contributed by atoms with Gasteiger partial charge < -0.3 is 19.9 Å². The number of amides is 2. The van der Waals surface area contributed by atoms with E-state index in [4.69, 9.17) is 4.74 Å². The van der Waals surface area contributed by atoms with Crippen LogP contribution in [0.25, 0.3) is 11.4 Å². The standard InChI is InChI=1S/C20H21N5O3S/c1-13(26)21-14-7-6-8-15(11-14)22-18(27)12-29-20-24-23-19(25(20)2)16-9-4-5-10-17(16)28-3/h4-11H,12H2,1-3H3,(H,21,26)(H,22,27). The van der Waals surface area contributed by atoms with Crippen LogP contribution in [0.2, 0.25) is 0 Å². The summed E-state index contributed by atoms with van der Waals surface area (Å²) in [6.45, 7) is 1.43. The number of hydrogen-bond donors (Lipinski definition) is 2. The fraction of sp³-hybridized carbons (Fsp3) is 0.200. The van der Waals surface area contributed by atoms with E-state index < -0.39 is 0 Å². The van der Waals surface area contributed by atoms with Crippen molar-refractivity contribution in [3.63, 3.8) is 0 Å². The summed E-state index contributed by atoms with van der Waals surface area (Å²) in [5, 5.41) is 14.5. The third kappa shape index (κ3) is 5.14. The molecule has 0 bridgehead atoms. The van der Waals surface area contributed by atoms with E-state index in [-0.39, 0.29) is 17.6 Å². The molecule has 0 atom stereocenters. The molecule has 9 heteroatoms. The fourth-order valence-electron chi connectivity index (χ4n) is 2.71. The topological polar surface area (TPSA) is 98.1 Å². The number of thioether (sulfide) groups is 1. The Labute approximate surface area is 172 Å². The average Bonchev–Trinajstić information content (AvgIpc) is 3.06. The molecule has 0 aliphatic heterocycles. The molecule has 0 saturated carbocycles. The maximum Gasteiger partial charge on any atom is 0.234 e. The van der Waals surface area contributed by atoms with Crippen molar-refractivity contribution < 1.29 is 14.3 Å². The Balaban J connectivity index is 1.64. The van der Waals surface area contributed by atoms with Crippen molar-refractivity contribution in [1.29, 1.82) is 0 Å². The van der Waals surface area contributed by atoms with E-state index in [2.05, 4.69) is 20.8 Å². The summed E-state index contributed by atoms with van der Waals surface area (Å²) < 4.78 is 7.21. The summed E-state index contributed by atoms with van der Waals surface area (Å²) in [6, 6.07) is 14.5. The molecule has 8 nitrogen and oxygen atoms in total. The van der Waals surface area contributed by atoms with Crippen LogP contribution in [0.1, 0.15) is 6.92 Å². The van der Waals surface area contributed by atoms with E-state index in [1.54, 1.807) is 31.4 Å². The Morgan fingerprint density at radius 1 is 1.07 bits per heavy atom. The first kappa shape index (κ1) is 20.4. The second kappa shape index (κ2) is 9.24. The smallest absolute Gasteiger partial charge is 0.234 e. The third-order valence-corrected chi connectivity index (χ3v) is 5.00. The van der Waals surface area contributed by atoms with E-state index in [9.17, 15) is 9.59 Å². The first-order valence-electron chi connectivity index (χ1n) is 8.81. The second-order valence-corrected chi connectivity index (χ2v) is 7.11. The molecule has 2 amide bonds. The molecular formula is C20H21N5O3S. The Bertz CT molecular complexity index is 1030. The highest BCUT2D eigenvalue weighted by atomic mass is 32.2. The van der Waals surface area contributed by atoms with Gasteiger partial charge in [0.2, 0.25) is 11.8 Å². The van der Waals surface area contributed by atoms with Crippen LogP contribution in [0, 0.1) is 0 Å². The van der Waals surface area contributed by atoms with Crippen LogP contribution in [0.15, 0.2) is 53.7 Å². The number of carbonyl (C=O) groups is 2. The monoisotopic (exact) mass is 411 g/mol. The first-order chi connectivity index (χ1) is 14.0. The van der Waals surface area contributed by atoms with Gasteiger partial charge in [-0.3, -0.25) is 9.59 Å². The van der Waals surface area contributed by atoms with Crippen molar-refractivity contribution in [2.45, 2.75) is 12.1 Å². The van der Waals surface area contributed by atoms with Crippen LogP contribution in [-0.2, 0) is 16.6 Å². The minimum Gasteiger partial charge on any atom is -0.496 e. The Morgan fingerprint density at radius 2 is 1.79 bits per heavy atom. The van der Waals surface area contributed by atoms with Crippen LogP contribution in [0.3, 0.4) is 0 Å². The van der Waals surface area contributed by atoms with Gasteiger partial charge in [-0.05, 0) is 30.3 Å². The number of nitrogens with one attached hydrogen (secondary N) is 2. The van der Waals surface area contributed by atoms with Gasteiger partial charge in [-0.2, -0.15) is 0 Å². The largest absolute Gasteiger partial charge is 0.496 e. The van der Waals surface area contributed by atoms with E-state index in [0.717, 1.165) is 5.56 Å². The van der Waals surface area contributed by atoms with Gasteiger partial charge in [0.05, 0.1) is 18.4 Å². The summed E-state index contributed by atoms with van der Waals surface area (Å²) in [5.41, 5.74) is 2.06. The molecular weight excluding hydrogens is 390 g/mol. The van der Waals surface area contributed by atoms with Crippen molar-refractivity contribution in [3.05, 3.63) is 48.5 Å². The van der Waals surface area contributed by atoms with Gasteiger partial charge in [0.15, 0.2) is 11.0 Å². The van der Waals surface area contributed by atoms with Crippen LogP contribution >= 0.6 is 11.8 Å². The summed E-state index contributed by atoms with van der Waals surface area (Å²) in [7, 11) is 3.45. The minimum atomic E-state index is -0.184. The number of nitrogens with zero attached hydrogens (tertiary/aromatic N) is 3. The highest BCUT2D eigenvalue weighted by molar-refractivity contribution is 7.99. The molecule has 1 heterocycles. The lowest BCUT2D eigenvalue weighted by Crippen LogP contribution is -2.15. The summed E-state index contributed by atoms with van der Waals surface area (Å²) >= 11 is 1.28. The van der Waals surface area contributed by atoms with Crippen molar-refractivity contribution in [3.8, 4) is 17.1 Å². The minimum absolute atomic E-state index is 0.169. The molecule has 150 valence electrons. The van der Waals surface area contributed by atoms with Crippen molar-refractivity contribution in [1.82, 2.24) is 14.8 Å².